The first-order chi connectivity index (χ1) is 13.5. The van der Waals surface area contributed by atoms with Crippen molar-refractivity contribution in [2.75, 3.05) is 25.0 Å². The Hall–Kier alpha value is -2.80. The van der Waals surface area contributed by atoms with E-state index in [1.165, 1.54) is 12.8 Å². The van der Waals surface area contributed by atoms with Crippen molar-refractivity contribution in [1.29, 1.82) is 0 Å². The molecule has 6 nitrogen and oxygen atoms in total. The summed E-state index contributed by atoms with van der Waals surface area (Å²) < 4.78 is 13.3. The number of nitrogens with zero attached hydrogens (tertiary/aromatic N) is 2. The number of ketones is 1. The number of aromatic carboxylic acids is 1. The first-order valence-electron chi connectivity index (χ1n) is 9.51. The summed E-state index contributed by atoms with van der Waals surface area (Å²) in [6.07, 6.45) is 3.83. The van der Waals surface area contributed by atoms with E-state index < -0.39 is 11.8 Å². The lowest BCUT2D eigenvalue weighted by Gasteiger charge is -2.44. The Bertz CT molecular complexity index is 910. The average Bonchev–Trinajstić information content (AvgIpc) is 2.70. The lowest BCUT2D eigenvalue weighted by atomic mass is 9.76. The quantitative estimate of drug-likeness (QED) is 0.742. The van der Waals surface area contributed by atoms with E-state index in [1.54, 1.807) is 24.3 Å². The second-order valence-electron chi connectivity index (χ2n) is 7.59. The van der Waals surface area contributed by atoms with Crippen LogP contribution < -0.4 is 5.32 Å². The normalized spacial score (nSPS) is 23.4. The number of hydrogen-bond donors (Lipinski definition) is 2. The molecule has 0 saturated carbocycles. The van der Waals surface area contributed by atoms with E-state index in [-0.39, 0.29) is 17.2 Å². The minimum atomic E-state index is -1.27. The number of fused-ring (bicyclic) bond motifs is 3. The van der Waals surface area contributed by atoms with E-state index in [2.05, 4.69) is 15.2 Å². The number of carboxylic acids is 1. The van der Waals surface area contributed by atoms with Crippen LogP contribution in [0.3, 0.4) is 0 Å². The van der Waals surface area contributed by atoms with Crippen LogP contribution in [0.15, 0.2) is 36.5 Å². The molecule has 0 spiro atoms. The van der Waals surface area contributed by atoms with E-state index in [9.17, 15) is 19.1 Å². The number of nitrogens with one attached hydrogen (secondary N) is 1. The summed E-state index contributed by atoms with van der Waals surface area (Å²) in [6.45, 7) is 3.28. The van der Waals surface area contributed by atoms with Gasteiger partial charge in [-0.1, -0.05) is 12.1 Å². The molecule has 1 aromatic heterocycles. The van der Waals surface area contributed by atoms with E-state index >= 15 is 0 Å². The molecular formula is C21H22FN3O3. The summed E-state index contributed by atoms with van der Waals surface area (Å²) in [5, 5.41) is 12.1. The van der Waals surface area contributed by atoms with Gasteiger partial charge in [0.25, 0.3) is 0 Å². The Morgan fingerprint density at radius 1 is 1.25 bits per heavy atom. The molecule has 3 aliphatic rings. The standard InChI is InChI=1S/C21H22FN3O3/c22-16-10-18(21(27)28)20(23-11-16)24-17-3-1-2-14(8-17)19(26)9-15-12-25-6-4-13(15)5-7-25/h1-3,8,10-11,13,15H,4-7,9,12H2,(H,23,24)(H,27,28). The molecule has 2 bridgehead atoms. The number of carbonyl (C=O) groups excluding carboxylic acids is 1. The van der Waals surface area contributed by atoms with Crippen molar-refractivity contribution in [2.24, 2.45) is 11.8 Å². The maximum atomic E-state index is 13.3. The second-order valence-corrected chi connectivity index (χ2v) is 7.59. The fourth-order valence-corrected chi connectivity index (χ4v) is 4.28. The van der Waals surface area contributed by atoms with Gasteiger partial charge >= 0.3 is 5.97 Å². The lowest BCUT2D eigenvalue weighted by Crippen LogP contribution is -2.47. The SMILES string of the molecule is O=C(CC1CN2CCC1CC2)c1cccc(Nc2ncc(F)cc2C(=O)O)c1. The number of halogens is 1. The molecule has 3 aliphatic heterocycles. The van der Waals surface area contributed by atoms with Crippen molar-refractivity contribution in [3.63, 3.8) is 0 Å². The van der Waals surface area contributed by atoms with Crippen LogP contribution >= 0.6 is 0 Å². The van der Waals surface area contributed by atoms with Gasteiger partial charge in [-0.2, -0.15) is 0 Å². The van der Waals surface area contributed by atoms with Crippen LogP contribution in [0.5, 0.6) is 0 Å². The van der Waals surface area contributed by atoms with Gasteiger partial charge in [0.05, 0.1) is 6.20 Å². The van der Waals surface area contributed by atoms with Crippen LogP contribution in [0.2, 0.25) is 0 Å². The maximum Gasteiger partial charge on any atom is 0.339 e. The molecule has 7 heteroatoms. The summed E-state index contributed by atoms with van der Waals surface area (Å²) in [5.74, 6) is -0.821. The molecule has 0 radical (unpaired) electrons. The molecule has 3 fully saturated rings. The number of carbonyl (C=O) groups is 2. The highest BCUT2D eigenvalue weighted by Crippen LogP contribution is 2.35. The van der Waals surface area contributed by atoms with Crippen LogP contribution in [0.1, 0.15) is 40.0 Å². The molecular weight excluding hydrogens is 361 g/mol. The summed E-state index contributed by atoms with van der Waals surface area (Å²) in [6, 6.07) is 7.85. The summed E-state index contributed by atoms with van der Waals surface area (Å²) in [4.78, 5) is 30.4. The van der Waals surface area contributed by atoms with Gasteiger partial charge in [-0.3, -0.25) is 4.79 Å². The minimum absolute atomic E-state index is 0.0379. The van der Waals surface area contributed by atoms with Gasteiger partial charge in [-0.05, 0) is 56.0 Å². The third-order valence-electron chi connectivity index (χ3n) is 5.77. The Morgan fingerprint density at radius 3 is 2.71 bits per heavy atom. The number of Topliss-reactive ketones (excluding diaryl/α,β-unsaturated/α-hetero) is 1. The van der Waals surface area contributed by atoms with E-state index in [0.29, 0.717) is 29.5 Å². The van der Waals surface area contributed by atoms with Crippen molar-refractivity contribution in [1.82, 2.24) is 9.88 Å². The molecule has 0 amide bonds. The summed E-state index contributed by atoms with van der Waals surface area (Å²) in [7, 11) is 0. The number of hydrogen-bond acceptors (Lipinski definition) is 5. The molecule has 4 heterocycles. The van der Waals surface area contributed by atoms with E-state index in [1.807, 2.05) is 0 Å². The third-order valence-corrected chi connectivity index (χ3v) is 5.77. The lowest BCUT2D eigenvalue weighted by molar-refractivity contribution is 0.0441. The van der Waals surface area contributed by atoms with Crippen LogP contribution in [0.25, 0.3) is 0 Å². The molecule has 146 valence electrons. The third kappa shape index (κ3) is 3.89. The largest absolute Gasteiger partial charge is 0.478 e. The number of piperidine rings is 3. The molecule has 2 aromatic rings. The Kier molecular flexibility index (Phi) is 5.09. The number of rotatable bonds is 6. The van der Waals surface area contributed by atoms with Gasteiger partial charge < -0.3 is 15.3 Å². The highest BCUT2D eigenvalue weighted by molar-refractivity contribution is 5.98. The number of benzene rings is 1. The first kappa shape index (κ1) is 18.6. The predicted octanol–water partition coefficient (Wildman–Crippen LogP) is 3.58. The predicted molar refractivity (Wildman–Crippen MR) is 102 cm³/mol. The Morgan fingerprint density at radius 2 is 2.04 bits per heavy atom. The van der Waals surface area contributed by atoms with E-state index in [0.717, 1.165) is 31.9 Å². The summed E-state index contributed by atoms with van der Waals surface area (Å²) >= 11 is 0. The highest BCUT2D eigenvalue weighted by atomic mass is 19.1. The van der Waals surface area contributed by atoms with Crippen molar-refractivity contribution in [3.8, 4) is 0 Å². The zero-order valence-corrected chi connectivity index (χ0v) is 15.4. The Balaban J connectivity index is 1.49. The molecule has 28 heavy (non-hydrogen) atoms. The molecule has 3 saturated heterocycles. The van der Waals surface area contributed by atoms with Crippen molar-refractivity contribution in [3.05, 3.63) is 53.5 Å². The fraction of sp³-hybridized carbons (Fsp3) is 0.381. The van der Waals surface area contributed by atoms with Gasteiger partial charge in [0, 0.05) is 24.2 Å². The average molecular weight is 383 g/mol. The van der Waals surface area contributed by atoms with Crippen molar-refractivity contribution in [2.45, 2.75) is 19.3 Å². The van der Waals surface area contributed by atoms with Crippen LogP contribution in [-0.4, -0.2) is 46.4 Å². The number of aromatic nitrogens is 1. The maximum absolute atomic E-state index is 13.3. The molecule has 1 atom stereocenters. The van der Waals surface area contributed by atoms with Crippen molar-refractivity contribution < 1.29 is 19.1 Å². The zero-order valence-electron chi connectivity index (χ0n) is 15.4. The molecule has 2 N–H and O–H groups in total. The summed E-state index contributed by atoms with van der Waals surface area (Å²) in [5.41, 5.74) is 0.866. The van der Waals surface area contributed by atoms with Crippen LogP contribution in [0.4, 0.5) is 15.9 Å². The van der Waals surface area contributed by atoms with Gasteiger partial charge in [0.2, 0.25) is 0 Å². The Labute approximate surface area is 162 Å². The zero-order chi connectivity index (χ0) is 19.7. The van der Waals surface area contributed by atoms with Crippen LogP contribution in [0, 0.1) is 17.7 Å². The second kappa shape index (κ2) is 7.67. The van der Waals surface area contributed by atoms with Gasteiger partial charge in [-0.25, -0.2) is 14.2 Å². The number of anilines is 2. The fourth-order valence-electron chi connectivity index (χ4n) is 4.28. The molecule has 1 aromatic carbocycles. The van der Waals surface area contributed by atoms with Gasteiger partial charge in [0.15, 0.2) is 5.78 Å². The highest BCUT2D eigenvalue weighted by Gasteiger charge is 2.35. The van der Waals surface area contributed by atoms with Crippen molar-refractivity contribution >= 4 is 23.3 Å². The molecule has 5 rings (SSSR count). The first-order valence-corrected chi connectivity index (χ1v) is 9.51. The van der Waals surface area contributed by atoms with Gasteiger partial charge in [0.1, 0.15) is 17.2 Å². The molecule has 1 unspecified atom stereocenters. The number of carboxylic acid groups (broad SMARTS) is 1. The topological polar surface area (TPSA) is 82.5 Å². The minimum Gasteiger partial charge on any atom is -0.478 e. The smallest absolute Gasteiger partial charge is 0.339 e. The number of pyridine rings is 1. The van der Waals surface area contributed by atoms with Gasteiger partial charge in [-0.15, -0.1) is 0 Å². The van der Waals surface area contributed by atoms with E-state index in [4.69, 9.17) is 0 Å². The molecule has 0 aliphatic carbocycles. The van der Waals surface area contributed by atoms with Crippen LogP contribution in [-0.2, 0) is 0 Å². The monoisotopic (exact) mass is 383 g/mol.